The third-order valence-corrected chi connectivity index (χ3v) is 2.79. The first kappa shape index (κ1) is 17.5. The van der Waals surface area contributed by atoms with Crippen molar-refractivity contribution in [1.82, 2.24) is 15.8 Å². The predicted octanol–water partition coefficient (Wildman–Crippen LogP) is 1.13. The predicted molar refractivity (Wildman–Crippen MR) is 81.5 cm³/mol. The van der Waals surface area contributed by atoms with Crippen LogP contribution in [0.3, 0.4) is 0 Å². The molecule has 0 radical (unpaired) electrons. The third kappa shape index (κ3) is 7.10. The zero-order valence-corrected chi connectivity index (χ0v) is 13.3. The number of hydrogen-bond donors (Lipinski definition) is 2. The summed E-state index contributed by atoms with van der Waals surface area (Å²) in [6.07, 6.45) is 0. The molecule has 21 heavy (non-hydrogen) atoms. The molecule has 0 bridgehead atoms. The van der Waals surface area contributed by atoms with Crippen LogP contribution in [0.5, 0.6) is 0 Å². The first-order valence-corrected chi connectivity index (χ1v) is 7.14. The van der Waals surface area contributed by atoms with E-state index in [1.165, 1.54) is 0 Å². The number of hydrogen-bond acceptors (Lipinski definition) is 5. The van der Waals surface area contributed by atoms with Crippen LogP contribution in [0.1, 0.15) is 31.2 Å². The molecule has 0 spiro atoms. The largest absolute Gasteiger partial charge is 0.382 e. The molecule has 0 aromatic carbocycles. The van der Waals surface area contributed by atoms with Gasteiger partial charge >= 0.3 is 0 Å². The van der Waals surface area contributed by atoms with Gasteiger partial charge in [0.05, 0.1) is 32.1 Å². The highest BCUT2D eigenvalue weighted by atomic mass is 16.5. The van der Waals surface area contributed by atoms with Crippen LogP contribution in [0.15, 0.2) is 15.6 Å². The Morgan fingerprint density at radius 3 is 2.76 bits per heavy atom. The lowest BCUT2D eigenvalue weighted by Gasteiger charge is -2.10. The Bertz CT molecular complexity index is 418. The van der Waals surface area contributed by atoms with Crippen molar-refractivity contribution >= 4 is 5.96 Å². The van der Waals surface area contributed by atoms with Crippen molar-refractivity contribution < 1.29 is 14.0 Å². The molecule has 0 saturated carbocycles. The number of nitrogens with zero attached hydrogens (tertiary/aromatic N) is 2. The van der Waals surface area contributed by atoms with E-state index in [1.807, 2.05) is 6.07 Å². The summed E-state index contributed by atoms with van der Waals surface area (Å²) < 4.78 is 15.5. The molecule has 1 aromatic rings. The number of guanidine groups is 1. The fourth-order valence-electron chi connectivity index (χ4n) is 1.56. The quantitative estimate of drug-likeness (QED) is 0.404. The maximum Gasteiger partial charge on any atom is 0.191 e. The Labute approximate surface area is 126 Å². The lowest BCUT2D eigenvalue weighted by atomic mass is 10.1. The molecule has 7 nitrogen and oxygen atoms in total. The van der Waals surface area contributed by atoms with Gasteiger partial charge < -0.3 is 24.6 Å². The molecule has 120 valence electrons. The van der Waals surface area contributed by atoms with Gasteiger partial charge in [-0.25, -0.2) is 0 Å². The first-order valence-electron chi connectivity index (χ1n) is 7.14. The molecule has 0 aliphatic carbocycles. The smallest absolute Gasteiger partial charge is 0.191 e. The highest BCUT2D eigenvalue weighted by Gasteiger charge is 2.07. The van der Waals surface area contributed by atoms with Gasteiger partial charge in [0.25, 0.3) is 0 Å². The molecular formula is C14H26N4O3. The van der Waals surface area contributed by atoms with E-state index in [0.29, 0.717) is 44.8 Å². The molecule has 0 fully saturated rings. The molecule has 0 unspecified atom stereocenters. The highest BCUT2D eigenvalue weighted by molar-refractivity contribution is 5.79. The number of methoxy groups -OCH3 is 1. The van der Waals surface area contributed by atoms with Crippen molar-refractivity contribution in [2.45, 2.75) is 26.3 Å². The standard InChI is InChI=1S/C14H26N4O3/c1-11(2)13-9-12(21-18-13)10-17-14(15-3)16-5-6-20-8-7-19-4/h9,11H,5-8,10H2,1-4H3,(H2,15,16,17). The summed E-state index contributed by atoms with van der Waals surface area (Å²) in [6, 6.07) is 1.96. The Kier molecular flexibility index (Phi) is 8.45. The van der Waals surface area contributed by atoms with Crippen LogP contribution in [0.2, 0.25) is 0 Å². The molecule has 2 N–H and O–H groups in total. The summed E-state index contributed by atoms with van der Waals surface area (Å²) >= 11 is 0. The monoisotopic (exact) mass is 298 g/mol. The van der Waals surface area contributed by atoms with Crippen LogP contribution in [-0.2, 0) is 16.0 Å². The highest BCUT2D eigenvalue weighted by Crippen LogP contribution is 2.13. The van der Waals surface area contributed by atoms with Crippen LogP contribution in [0.4, 0.5) is 0 Å². The molecule has 0 aliphatic heterocycles. The molecular weight excluding hydrogens is 272 g/mol. The second-order valence-corrected chi connectivity index (χ2v) is 4.83. The Morgan fingerprint density at radius 1 is 1.33 bits per heavy atom. The number of nitrogens with one attached hydrogen (secondary N) is 2. The zero-order valence-electron chi connectivity index (χ0n) is 13.3. The van der Waals surface area contributed by atoms with Crippen LogP contribution in [0.25, 0.3) is 0 Å². The van der Waals surface area contributed by atoms with E-state index in [1.54, 1.807) is 14.2 Å². The Hall–Kier alpha value is -1.60. The van der Waals surface area contributed by atoms with Crippen LogP contribution in [-0.4, -0.2) is 51.6 Å². The summed E-state index contributed by atoms with van der Waals surface area (Å²) in [4.78, 5) is 4.13. The summed E-state index contributed by atoms with van der Waals surface area (Å²) in [5.74, 6) is 1.86. The van der Waals surface area contributed by atoms with E-state index in [4.69, 9.17) is 14.0 Å². The lowest BCUT2D eigenvalue weighted by molar-refractivity contribution is 0.0733. The van der Waals surface area contributed by atoms with E-state index in [0.717, 1.165) is 11.5 Å². The van der Waals surface area contributed by atoms with Gasteiger partial charge in [0.15, 0.2) is 11.7 Å². The fourth-order valence-corrected chi connectivity index (χ4v) is 1.56. The van der Waals surface area contributed by atoms with Crippen LogP contribution in [0, 0.1) is 0 Å². The lowest BCUT2D eigenvalue weighted by Crippen LogP contribution is -2.38. The number of aliphatic imine (C=N–C) groups is 1. The number of rotatable bonds is 9. The molecule has 0 aliphatic rings. The van der Waals surface area contributed by atoms with Crippen LogP contribution >= 0.6 is 0 Å². The molecule has 1 aromatic heterocycles. The van der Waals surface area contributed by atoms with E-state index in [2.05, 4.69) is 34.6 Å². The van der Waals surface area contributed by atoms with E-state index in [-0.39, 0.29) is 0 Å². The van der Waals surface area contributed by atoms with Gasteiger partial charge in [0.2, 0.25) is 0 Å². The summed E-state index contributed by atoms with van der Waals surface area (Å²) in [5.41, 5.74) is 0.960. The SMILES string of the molecule is CN=C(NCCOCCOC)NCc1cc(C(C)C)no1. The number of ether oxygens (including phenoxy) is 2. The molecule has 1 heterocycles. The van der Waals surface area contributed by atoms with Crippen molar-refractivity contribution in [3.8, 4) is 0 Å². The van der Waals surface area contributed by atoms with Crippen molar-refractivity contribution in [1.29, 1.82) is 0 Å². The summed E-state index contributed by atoms with van der Waals surface area (Å²) in [7, 11) is 3.38. The van der Waals surface area contributed by atoms with Gasteiger partial charge in [-0.05, 0) is 5.92 Å². The summed E-state index contributed by atoms with van der Waals surface area (Å²) in [5, 5.41) is 10.3. The van der Waals surface area contributed by atoms with Gasteiger partial charge in [-0.2, -0.15) is 0 Å². The molecule has 0 atom stereocenters. The summed E-state index contributed by atoms with van der Waals surface area (Å²) in [6.45, 7) is 7.19. The van der Waals surface area contributed by atoms with E-state index < -0.39 is 0 Å². The second kappa shape index (κ2) is 10.2. The minimum atomic E-state index is 0.365. The second-order valence-electron chi connectivity index (χ2n) is 4.83. The maximum absolute atomic E-state index is 5.36. The van der Waals surface area contributed by atoms with Gasteiger partial charge in [-0.1, -0.05) is 19.0 Å². The normalized spacial score (nSPS) is 12.0. The van der Waals surface area contributed by atoms with E-state index in [9.17, 15) is 0 Å². The molecule has 1 rings (SSSR count). The first-order chi connectivity index (χ1) is 10.2. The number of aromatic nitrogens is 1. The minimum Gasteiger partial charge on any atom is -0.382 e. The average molecular weight is 298 g/mol. The molecule has 7 heteroatoms. The van der Waals surface area contributed by atoms with Gasteiger partial charge in [-0.15, -0.1) is 0 Å². The third-order valence-electron chi connectivity index (χ3n) is 2.79. The zero-order chi connectivity index (χ0) is 15.5. The van der Waals surface area contributed by atoms with Gasteiger partial charge in [0.1, 0.15) is 0 Å². The van der Waals surface area contributed by atoms with Crippen LogP contribution < -0.4 is 10.6 Å². The van der Waals surface area contributed by atoms with E-state index >= 15 is 0 Å². The van der Waals surface area contributed by atoms with Crippen molar-refractivity contribution in [3.63, 3.8) is 0 Å². The van der Waals surface area contributed by atoms with Crippen molar-refractivity contribution in [2.75, 3.05) is 40.5 Å². The van der Waals surface area contributed by atoms with Gasteiger partial charge in [0, 0.05) is 26.8 Å². The van der Waals surface area contributed by atoms with Gasteiger partial charge in [-0.3, -0.25) is 4.99 Å². The minimum absolute atomic E-state index is 0.365. The average Bonchev–Trinajstić information content (AvgIpc) is 2.95. The Morgan fingerprint density at radius 2 is 2.14 bits per heavy atom. The Balaban J connectivity index is 2.21. The fraction of sp³-hybridized carbons (Fsp3) is 0.714. The van der Waals surface area contributed by atoms with Crippen molar-refractivity contribution in [3.05, 3.63) is 17.5 Å². The molecule has 0 amide bonds. The molecule has 0 saturated heterocycles. The van der Waals surface area contributed by atoms with Crippen molar-refractivity contribution in [2.24, 2.45) is 4.99 Å². The topological polar surface area (TPSA) is 80.9 Å². The maximum atomic E-state index is 5.36.